The first-order valence-electron chi connectivity index (χ1n) is 14.4. The minimum atomic E-state index is -2.60. The van der Waals surface area contributed by atoms with E-state index < -0.39 is 17.3 Å². The molecule has 194 valence electrons. The number of alkyl halides is 2. The average molecular weight is 479 g/mol. The Bertz CT molecular complexity index is 810. The second-order valence-electron chi connectivity index (χ2n) is 14.2. The van der Waals surface area contributed by atoms with Gasteiger partial charge in [0.05, 0.1) is 5.41 Å². The molecule has 0 bridgehead atoms. The molecule has 0 amide bonds. The van der Waals surface area contributed by atoms with Crippen LogP contribution in [-0.4, -0.2) is 18.0 Å². The van der Waals surface area contributed by atoms with Gasteiger partial charge in [0.1, 0.15) is 6.10 Å². The minimum Gasteiger partial charge on any atom is -0.463 e. The third-order valence-corrected chi connectivity index (χ3v) is 12.4. The van der Waals surface area contributed by atoms with Crippen molar-refractivity contribution in [2.45, 2.75) is 124 Å². The van der Waals surface area contributed by atoms with E-state index in [4.69, 9.17) is 4.74 Å². The van der Waals surface area contributed by atoms with Crippen LogP contribution in [0.2, 0.25) is 0 Å². The van der Waals surface area contributed by atoms with Crippen molar-refractivity contribution in [3.63, 3.8) is 0 Å². The van der Waals surface area contributed by atoms with E-state index in [9.17, 15) is 4.79 Å². The molecule has 0 N–H and O–H groups in total. The topological polar surface area (TPSA) is 26.3 Å². The van der Waals surface area contributed by atoms with Gasteiger partial charge in [-0.1, -0.05) is 53.9 Å². The molecule has 5 aliphatic rings. The van der Waals surface area contributed by atoms with Gasteiger partial charge >= 0.3 is 5.97 Å². The lowest BCUT2D eigenvalue weighted by Gasteiger charge is -2.60. The van der Waals surface area contributed by atoms with Crippen molar-refractivity contribution in [2.24, 2.45) is 57.7 Å². The standard InChI is InChI=1S/C30H48F2O2/c1-18(2)8-7-9-19(3)23-10-11-24-22-16-26-29(30(26,31)32)17-21(34-20(4)33)12-15-28(29,6)25(22)13-14-27(23,24)5/h18-19,21-26H,7-17H2,1-6H3/t19-,21+,22+,23-,24+,25+,26?,27-,28-,29?/m1/s1. The molecule has 2 unspecified atom stereocenters. The number of rotatable bonds is 6. The lowest BCUT2D eigenvalue weighted by molar-refractivity contribution is -0.171. The summed E-state index contributed by atoms with van der Waals surface area (Å²) in [7, 11) is 0. The molecule has 10 atom stereocenters. The van der Waals surface area contributed by atoms with Crippen molar-refractivity contribution in [1.29, 1.82) is 0 Å². The molecule has 5 aliphatic carbocycles. The molecule has 34 heavy (non-hydrogen) atoms. The van der Waals surface area contributed by atoms with Crippen LogP contribution in [0.4, 0.5) is 8.78 Å². The summed E-state index contributed by atoms with van der Waals surface area (Å²) < 4.78 is 37.0. The van der Waals surface area contributed by atoms with Gasteiger partial charge in [-0.05, 0) is 97.7 Å². The second kappa shape index (κ2) is 8.17. The monoisotopic (exact) mass is 478 g/mol. The average Bonchev–Trinajstić information content (AvgIpc) is 3.02. The van der Waals surface area contributed by atoms with Crippen LogP contribution in [0, 0.1) is 57.7 Å². The van der Waals surface area contributed by atoms with Gasteiger partial charge in [0, 0.05) is 12.8 Å². The van der Waals surface area contributed by atoms with Gasteiger partial charge in [0.15, 0.2) is 0 Å². The fourth-order valence-electron chi connectivity index (χ4n) is 10.9. The van der Waals surface area contributed by atoms with E-state index in [2.05, 4.69) is 34.6 Å². The summed E-state index contributed by atoms with van der Waals surface area (Å²) in [4.78, 5) is 11.6. The number of halogens is 2. The first-order chi connectivity index (χ1) is 15.9. The molecule has 0 saturated heterocycles. The van der Waals surface area contributed by atoms with Crippen LogP contribution in [0.25, 0.3) is 0 Å². The van der Waals surface area contributed by atoms with Gasteiger partial charge in [-0.2, -0.15) is 0 Å². The van der Waals surface area contributed by atoms with Crippen LogP contribution >= 0.6 is 0 Å². The van der Waals surface area contributed by atoms with Crippen LogP contribution in [0.15, 0.2) is 0 Å². The van der Waals surface area contributed by atoms with E-state index in [1.54, 1.807) is 0 Å². The highest BCUT2D eigenvalue weighted by Gasteiger charge is 2.89. The molecule has 0 radical (unpaired) electrons. The molecule has 0 aromatic carbocycles. The molecular weight excluding hydrogens is 430 g/mol. The highest BCUT2D eigenvalue weighted by molar-refractivity contribution is 5.66. The largest absolute Gasteiger partial charge is 0.463 e. The zero-order valence-corrected chi connectivity index (χ0v) is 22.5. The van der Waals surface area contributed by atoms with Gasteiger partial charge < -0.3 is 4.74 Å². The first-order valence-corrected chi connectivity index (χ1v) is 14.4. The van der Waals surface area contributed by atoms with E-state index in [-0.39, 0.29) is 17.5 Å². The number of hydrogen-bond donors (Lipinski definition) is 0. The van der Waals surface area contributed by atoms with Crippen LogP contribution in [0.1, 0.15) is 112 Å². The van der Waals surface area contributed by atoms with Crippen molar-refractivity contribution in [2.75, 3.05) is 0 Å². The smallest absolute Gasteiger partial charge is 0.302 e. The maximum atomic E-state index is 15.7. The Balaban J connectivity index is 1.36. The van der Waals surface area contributed by atoms with Crippen LogP contribution in [0.3, 0.4) is 0 Å². The van der Waals surface area contributed by atoms with E-state index >= 15 is 8.78 Å². The van der Waals surface area contributed by atoms with Gasteiger partial charge in [-0.15, -0.1) is 0 Å². The summed E-state index contributed by atoms with van der Waals surface area (Å²) in [6, 6.07) is 0. The van der Waals surface area contributed by atoms with E-state index in [0.29, 0.717) is 36.0 Å². The Morgan fingerprint density at radius 3 is 2.41 bits per heavy atom. The third-order valence-electron chi connectivity index (χ3n) is 12.4. The number of hydrogen-bond acceptors (Lipinski definition) is 2. The van der Waals surface area contributed by atoms with E-state index in [1.165, 1.54) is 45.4 Å². The Labute approximate surface area is 206 Å². The summed E-state index contributed by atoms with van der Waals surface area (Å²) in [5.41, 5.74) is -0.924. The van der Waals surface area contributed by atoms with Gasteiger partial charge in [-0.3, -0.25) is 4.79 Å². The van der Waals surface area contributed by atoms with Crippen molar-refractivity contribution >= 4 is 5.97 Å². The molecule has 5 fully saturated rings. The van der Waals surface area contributed by atoms with Crippen molar-refractivity contribution in [1.82, 2.24) is 0 Å². The molecule has 4 heteroatoms. The lowest BCUT2D eigenvalue weighted by Crippen LogP contribution is -2.56. The van der Waals surface area contributed by atoms with Gasteiger partial charge in [0.25, 0.3) is 5.92 Å². The zero-order valence-electron chi connectivity index (χ0n) is 22.5. The minimum absolute atomic E-state index is 0.316. The maximum absolute atomic E-state index is 15.7. The fraction of sp³-hybridized carbons (Fsp3) is 0.967. The van der Waals surface area contributed by atoms with Crippen LogP contribution in [-0.2, 0) is 9.53 Å². The van der Waals surface area contributed by atoms with Gasteiger partial charge in [0.2, 0.25) is 0 Å². The summed E-state index contributed by atoms with van der Waals surface area (Å²) in [6.07, 6.45) is 11.1. The highest BCUT2D eigenvalue weighted by atomic mass is 19.3. The number of fused-ring (bicyclic) bond motifs is 4. The fourth-order valence-corrected chi connectivity index (χ4v) is 10.9. The number of carbonyl (C=O) groups excluding carboxylic acids is 1. The van der Waals surface area contributed by atoms with Crippen LogP contribution in [0.5, 0.6) is 0 Å². The maximum Gasteiger partial charge on any atom is 0.302 e. The van der Waals surface area contributed by atoms with E-state index in [0.717, 1.165) is 37.0 Å². The Morgan fingerprint density at radius 1 is 1.00 bits per heavy atom. The van der Waals surface area contributed by atoms with Crippen molar-refractivity contribution in [3.05, 3.63) is 0 Å². The molecule has 0 heterocycles. The summed E-state index contributed by atoms with van der Waals surface area (Å²) >= 11 is 0. The summed E-state index contributed by atoms with van der Waals surface area (Å²) in [5, 5.41) is 0. The highest BCUT2D eigenvalue weighted by Crippen LogP contribution is 2.86. The van der Waals surface area contributed by atoms with Crippen molar-refractivity contribution in [3.8, 4) is 0 Å². The normalized spacial score (nSPS) is 49.4. The molecule has 2 nitrogen and oxygen atoms in total. The first kappa shape index (κ1) is 25.0. The van der Waals surface area contributed by atoms with E-state index in [1.807, 2.05) is 0 Å². The lowest BCUT2D eigenvalue weighted by atomic mass is 9.44. The third kappa shape index (κ3) is 3.31. The predicted molar refractivity (Wildman–Crippen MR) is 131 cm³/mol. The Hall–Kier alpha value is -0.670. The predicted octanol–water partition coefficient (Wildman–Crippen LogP) is 8.28. The number of esters is 1. The number of ether oxygens (including phenoxy) is 1. The molecule has 1 spiro atoms. The Kier molecular flexibility index (Phi) is 6.01. The van der Waals surface area contributed by atoms with Crippen LogP contribution < -0.4 is 0 Å². The molecule has 0 aromatic heterocycles. The van der Waals surface area contributed by atoms with Crippen molar-refractivity contribution < 1.29 is 18.3 Å². The molecule has 0 aliphatic heterocycles. The quantitative estimate of drug-likeness (QED) is 0.359. The Morgan fingerprint density at radius 2 is 1.74 bits per heavy atom. The second-order valence-corrected chi connectivity index (χ2v) is 14.2. The van der Waals surface area contributed by atoms with Gasteiger partial charge in [-0.25, -0.2) is 8.78 Å². The molecule has 0 aromatic rings. The SMILES string of the molecule is CC(=O)O[C@H]1CC[C@]2(C)[C@H]3CC[C@]4(C)[C@@H]([C@H](C)CCCC(C)C)CC[C@H]4[C@@H]3CC3C(F)(F)C32C1. The summed E-state index contributed by atoms with van der Waals surface area (Å²) in [6.45, 7) is 13.3. The molecule has 5 saturated carbocycles. The molecule has 5 rings (SSSR count). The molecular formula is C30H48F2O2. The summed E-state index contributed by atoms with van der Waals surface area (Å²) in [5.74, 6) is 0.305. The zero-order chi connectivity index (χ0) is 24.7. The number of carbonyl (C=O) groups is 1.